The fraction of sp³-hybridized carbons (Fsp3) is 0.471. The van der Waals surface area contributed by atoms with Crippen molar-refractivity contribution >= 4 is 17.0 Å². The number of benzene rings is 1. The molecule has 1 aliphatic heterocycles. The molecule has 4 nitrogen and oxygen atoms in total. The first-order chi connectivity index (χ1) is 9.85. The number of amides is 1. The quantitative estimate of drug-likeness (QED) is 0.801. The Balaban J connectivity index is 1.88. The van der Waals surface area contributed by atoms with Gasteiger partial charge in [-0.3, -0.25) is 0 Å². The van der Waals surface area contributed by atoms with Crippen molar-refractivity contribution in [3.05, 3.63) is 35.0 Å². The maximum Gasteiger partial charge on any atom is 0.410 e. The molecule has 0 unspecified atom stereocenters. The lowest BCUT2D eigenvalue weighted by atomic mass is 10.0. The Morgan fingerprint density at radius 3 is 2.81 bits per heavy atom. The first kappa shape index (κ1) is 14.0. The first-order valence-corrected chi connectivity index (χ1v) is 7.42. The minimum atomic E-state index is -0.450. The van der Waals surface area contributed by atoms with Crippen LogP contribution >= 0.6 is 0 Å². The SMILES string of the molecule is Cc1cccc2[nH]c3c(c12)CCN(C(=O)OC(C)(C)C)C3. The Kier molecular flexibility index (Phi) is 3.19. The molecule has 0 saturated heterocycles. The van der Waals surface area contributed by atoms with E-state index in [0.717, 1.165) is 17.6 Å². The van der Waals surface area contributed by atoms with Crippen LogP contribution in [0.15, 0.2) is 18.2 Å². The number of H-pyrrole nitrogens is 1. The average molecular weight is 286 g/mol. The van der Waals surface area contributed by atoms with E-state index in [2.05, 4.69) is 30.1 Å². The van der Waals surface area contributed by atoms with Crippen LogP contribution in [0.4, 0.5) is 4.79 Å². The van der Waals surface area contributed by atoms with Crippen LogP contribution in [0.3, 0.4) is 0 Å². The lowest BCUT2D eigenvalue weighted by molar-refractivity contribution is 0.0222. The standard InChI is InChI=1S/C17H22N2O2/c1-11-6-5-7-13-15(11)12-8-9-19(10-14(12)18-13)16(20)21-17(2,3)4/h5-7,18H,8-10H2,1-4H3. The highest BCUT2D eigenvalue weighted by Crippen LogP contribution is 2.30. The number of aromatic amines is 1. The van der Waals surface area contributed by atoms with Crippen LogP contribution < -0.4 is 0 Å². The van der Waals surface area contributed by atoms with Crippen molar-refractivity contribution < 1.29 is 9.53 Å². The van der Waals surface area contributed by atoms with Gasteiger partial charge >= 0.3 is 6.09 Å². The molecule has 2 heterocycles. The second-order valence-electron chi connectivity index (χ2n) is 6.73. The minimum Gasteiger partial charge on any atom is -0.444 e. The molecule has 1 aromatic carbocycles. The molecule has 0 radical (unpaired) electrons. The number of aryl methyl sites for hydroxylation is 1. The van der Waals surface area contributed by atoms with E-state index in [9.17, 15) is 4.79 Å². The molecule has 21 heavy (non-hydrogen) atoms. The van der Waals surface area contributed by atoms with E-state index >= 15 is 0 Å². The number of aromatic nitrogens is 1. The molecule has 1 N–H and O–H groups in total. The maximum atomic E-state index is 12.2. The number of nitrogens with zero attached hydrogens (tertiary/aromatic N) is 1. The molecule has 1 aliphatic rings. The van der Waals surface area contributed by atoms with E-state index in [1.807, 2.05) is 20.8 Å². The monoisotopic (exact) mass is 286 g/mol. The molecule has 0 fully saturated rings. The van der Waals surface area contributed by atoms with Crippen LogP contribution in [0.25, 0.3) is 10.9 Å². The number of carbonyl (C=O) groups excluding carboxylic acids is 1. The predicted octanol–water partition coefficient (Wildman–Crippen LogP) is 3.77. The molecule has 0 spiro atoms. The van der Waals surface area contributed by atoms with Crippen molar-refractivity contribution in [2.45, 2.75) is 46.3 Å². The Labute approximate surface area is 125 Å². The predicted molar refractivity (Wildman–Crippen MR) is 83.4 cm³/mol. The summed E-state index contributed by atoms with van der Waals surface area (Å²) in [6.07, 6.45) is 0.642. The minimum absolute atomic E-state index is 0.233. The van der Waals surface area contributed by atoms with Gasteiger partial charge in [0.05, 0.1) is 6.54 Å². The van der Waals surface area contributed by atoms with Gasteiger partial charge in [0.2, 0.25) is 0 Å². The highest BCUT2D eigenvalue weighted by Gasteiger charge is 2.27. The van der Waals surface area contributed by atoms with Gasteiger partial charge in [-0.15, -0.1) is 0 Å². The third kappa shape index (κ3) is 2.62. The number of fused-ring (bicyclic) bond motifs is 3. The summed E-state index contributed by atoms with van der Waals surface area (Å²) in [5.74, 6) is 0. The summed E-state index contributed by atoms with van der Waals surface area (Å²) in [7, 11) is 0. The van der Waals surface area contributed by atoms with E-state index in [0.29, 0.717) is 13.1 Å². The fourth-order valence-electron chi connectivity index (χ4n) is 2.97. The van der Waals surface area contributed by atoms with Gasteiger partial charge in [-0.2, -0.15) is 0 Å². The Bertz CT molecular complexity index is 695. The number of rotatable bonds is 0. The van der Waals surface area contributed by atoms with Gasteiger partial charge in [-0.05, 0) is 51.3 Å². The Morgan fingerprint density at radius 2 is 2.10 bits per heavy atom. The van der Waals surface area contributed by atoms with Gasteiger partial charge < -0.3 is 14.6 Å². The maximum absolute atomic E-state index is 12.2. The molecule has 0 aliphatic carbocycles. The first-order valence-electron chi connectivity index (χ1n) is 7.42. The van der Waals surface area contributed by atoms with Crippen molar-refractivity contribution in [3.8, 4) is 0 Å². The third-order valence-corrected chi connectivity index (χ3v) is 3.86. The summed E-state index contributed by atoms with van der Waals surface area (Å²) in [6, 6.07) is 6.29. The molecule has 0 bridgehead atoms. The molecule has 0 saturated carbocycles. The van der Waals surface area contributed by atoms with Crippen molar-refractivity contribution in [2.24, 2.45) is 0 Å². The summed E-state index contributed by atoms with van der Waals surface area (Å²) in [5.41, 5.74) is 4.48. The molecule has 4 heteroatoms. The lowest BCUT2D eigenvalue weighted by Crippen LogP contribution is -2.39. The molecule has 0 atom stereocenters. The van der Waals surface area contributed by atoms with Gasteiger partial charge in [0.1, 0.15) is 5.60 Å². The lowest BCUT2D eigenvalue weighted by Gasteiger charge is -2.30. The second-order valence-corrected chi connectivity index (χ2v) is 6.73. The van der Waals surface area contributed by atoms with Crippen molar-refractivity contribution in [2.75, 3.05) is 6.54 Å². The van der Waals surface area contributed by atoms with Gasteiger partial charge in [0.25, 0.3) is 0 Å². The van der Waals surface area contributed by atoms with Gasteiger partial charge in [-0.1, -0.05) is 12.1 Å². The van der Waals surface area contributed by atoms with Gasteiger partial charge in [0, 0.05) is 23.1 Å². The second kappa shape index (κ2) is 4.79. The van der Waals surface area contributed by atoms with Crippen molar-refractivity contribution in [1.29, 1.82) is 0 Å². The molecule has 112 valence electrons. The zero-order chi connectivity index (χ0) is 15.2. The average Bonchev–Trinajstić information content (AvgIpc) is 2.75. The normalized spacial score (nSPS) is 15.1. The zero-order valence-electron chi connectivity index (χ0n) is 13.1. The van der Waals surface area contributed by atoms with Crippen LogP contribution in [0, 0.1) is 6.92 Å². The van der Waals surface area contributed by atoms with Crippen molar-refractivity contribution in [3.63, 3.8) is 0 Å². The summed E-state index contributed by atoms with van der Waals surface area (Å²) >= 11 is 0. The molecule has 2 aromatic rings. The third-order valence-electron chi connectivity index (χ3n) is 3.86. The number of ether oxygens (including phenoxy) is 1. The highest BCUT2D eigenvalue weighted by atomic mass is 16.6. The van der Waals surface area contributed by atoms with Crippen LogP contribution in [-0.2, 0) is 17.7 Å². The number of nitrogens with one attached hydrogen (secondary N) is 1. The van der Waals surface area contributed by atoms with E-state index in [-0.39, 0.29) is 6.09 Å². The molecular weight excluding hydrogens is 264 g/mol. The molecular formula is C17H22N2O2. The van der Waals surface area contributed by atoms with Crippen LogP contribution in [0.1, 0.15) is 37.6 Å². The Hall–Kier alpha value is -1.97. The van der Waals surface area contributed by atoms with E-state index in [1.54, 1.807) is 4.90 Å². The number of hydrogen-bond acceptors (Lipinski definition) is 2. The van der Waals surface area contributed by atoms with Crippen LogP contribution in [0.2, 0.25) is 0 Å². The van der Waals surface area contributed by atoms with E-state index < -0.39 is 5.60 Å². The van der Waals surface area contributed by atoms with E-state index in [1.165, 1.54) is 16.5 Å². The Morgan fingerprint density at radius 1 is 1.33 bits per heavy atom. The fourth-order valence-corrected chi connectivity index (χ4v) is 2.97. The summed E-state index contributed by atoms with van der Waals surface area (Å²) in [5, 5.41) is 1.32. The van der Waals surface area contributed by atoms with Crippen LogP contribution in [-0.4, -0.2) is 28.1 Å². The zero-order valence-corrected chi connectivity index (χ0v) is 13.1. The summed E-state index contributed by atoms with van der Waals surface area (Å²) < 4.78 is 5.46. The molecule has 3 rings (SSSR count). The number of carbonyl (C=O) groups is 1. The summed E-state index contributed by atoms with van der Waals surface area (Å²) in [6.45, 7) is 9.13. The summed E-state index contributed by atoms with van der Waals surface area (Å²) in [4.78, 5) is 17.4. The van der Waals surface area contributed by atoms with Crippen molar-refractivity contribution in [1.82, 2.24) is 9.88 Å². The van der Waals surface area contributed by atoms with Crippen LogP contribution in [0.5, 0.6) is 0 Å². The molecule has 1 amide bonds. The molecule has 1 aromatic heterocycles. The smallest absolute Gasteiger partial charge is 0.410 e. The van der Waals surface area contributed by atoms with Gasteiger partial charge in [-0.25, -0.2) is 4.79 Å². The van der Waals surface area contributed by atoms with Gasteiger partial charge in [0.15, 0.2) is 0 Å². The van der Waals surface area contributed by atoms with E-state index in [4.69, 9.17) is 4.74 Å². The highest BCUT2D eigenvalue weighted by molar-refractivity contribution is 5.88. The largest absolute Gasteiger partial charge is 0.444 e. The number of hydrogen-bond donors (Lipinski definition) is 1. The topological polar surface area (TPSA) is 45.3 Å².